The first-order valence-corrected chi connectivity index (χ1v) is 9.91. The van der Waals surface area contributed by atoms with Crippen LogP contribution in [0.15, 0.2) is 23.1 Å². The molecule has 0 bridgehead atoms. The summed E-state index contributed by atoms with van der Waals surface area (Å²) in [7, 11) is -3.43. The number of aliphatic carboxylic acids is 1. The lowest BCUT2D eigenvalue weighted by atomic mass is 10.1. The number of aryl methyl sites for hydroxylation is 1. The number of carboxylic acid groups (broad SMARTS) is 1. The zero-order valence-corrected chi connectivity index (χ0v) is 15.0. The number of benzene rings is 1. The van der Waals surface area contributed by atoms with Gasteiger partial charge in [0.25, 0.3) is 5.91 Å². The van der Waals surface area contributed by atoms with Crippen molar-refractivity contribution in [1.82, 2.24) is 4.90 Å². The molecule has 6 nitrogen and oxygen atoms in total. The second-order valence-electron chi connectivity index (χ2n) is 6.38. The van der Waals surface area contributed by atoms with Crippen LogP contribution in [-0.4, -0.2) is 49.1 Å². The summed E-state index contributed by atoms with van der Waals surface area (Å²) in [5.74, 6) is -1.93. The van der Waals surface area contributed by atoms with Gasteiger partial charge in [-0.05, 0) is 37.0 Å². The molecule has 0 heterocycles. The van der Waals surface area contributed by atoms with E-state index in [4.69, 9.17) is 5.11 Å². The van der Waals surface area contributed by atoms with Gasteiger partial charge in [-0.1, -0.05) is 19.9 Å². The number of carbonyl (C=O) groups is 2. The zero-order valence-electron chi connectivity index (χ0n) is 14.2. The van der Waals surface area contributed by atoms with Crippen LogP contribution in [0.4, 0.5) is 0 Å². The number of hydrogen-bond acceptors (Lipinski definition) is 4. The fraction of sp³-hybridized carbons (Fsp3) is 0.529. The fourth-order valence-corrected chi connectivity index (χ4v) is 3.68. The van der Waals surface area contributed by atoms with E-state index in [0.29, 0.717) is 12.0 Å². The Morgan fingerprint density at radius 2 is 1.96 bits per heavy atom. The highest BCUT2D eigenvalue weighted by Gasteiger charge is 2.35. The maximum Gasteiger partial charge on any atom is 0.308 e. The number of rotatable bonds is 7. The van der Waals surface area contributed by atoms with Crippen molar-refractivity contribution in [2.24, 2.45) is 5.92 Å². The van der Waals surface area contributed by atoms with Crippen molar-refractivity contribution in [2.75, 3.05) is 12.8 Å². The van der Waals surface area contributed by atoms with Crippen LogP contribution in [0.1, 0.15) is 42.6 Å². The van der Waals surface area contributed by atoms with E-state index in [1.165, 1.54) is 6.07 Å². The Kier molecular flexibility index (Phi) is 5.32. The lowest BCUT2D eigenvalue weighted by Gasteiger charge is -2.25. The third-order valence-corrected chi connectivity index (χ3v) is 5.41. The average molecular weight is 353 g/mol. The predicted octanol–water partition coefficient (Wildman–Crippen LogP) is 1.98. The third-order valence-electron chi connectivity index (χ3n) is 4.24. The Labute approximate surface area is 142 Å². The number of nitrogens with zero attached hydrogens (tertiary/aromatic N) is 1. The molecule has 1 fully saturated rings. The molecule has 1 aliphatic carbocycles. The number of hydrogen-bond donors (Lipinski definition) is 1. The number of carboxylic acids is 1. The SMILES string of the molecule is CCc1ccc(C(=O)N(CC(C)C(=O)O)C2CC2)cc1S(C)(=O)=O. The fourth-order valence-electron chi connectivity index (χ4n) is 2.65. The predicted molar refractivity (Wildman–Crippen MR) is 89.8 cm³/mol. The molecule has 1 N–H and O–H groups in total. The molecular weight excluding hydrogens is 330 g/mol. The number of sulfone groups is 1. The minimum absolute atomic E-state index is 0.0480. The highest BCUT2D eigenvalue weighted by molar-refractivity contribution is 7.90. The molecule has 132 valence electrons. The molecule has 0 saturated heterocycles. The minimum Gasteiger partial charge on any atom is -0.481 e. The summed E-state index contributed by atoms with van der Waals surface area (Å²) >= 11 is 0. The summed E-state index contributed by atoms with van der Waals surface area (Å²) < 4.78 is 23.9. The molecule has 0 radical (unpaired) electrons. The van der Waals surface area contributed by atoms with E-state index in [1.54, 1.807) is 24.0 Å². The van der Waals surface area contributed by atoms with Crippen LogP contribution < -0.4 is 0 Å². The summed E-state index contributed by atoms with van der Waals surface area (Å²) in [6.45, 7) is 3.55. The second-order valence-corrected chi connectivity index (χ2v) is 8.36. The van der Waals surface area contributed by atoms with E-state index in [0.717, 1.165) is 19.1 Å². The molecule has 2 rings (SSSR count). The molecule has 1 aromatic rings. The first-order valence-electron chi connectivity index (χ1n) is 8.02. The first kappa shape index (κ1) is 18.4. The van der Waals surface area contributed by atoms with Crippen LogP contribution in [0.25, 0.3) is 0 Å². The van der Waals surface area contributed by atoms with Crippen molar-refractivity contribution in [3.8, 4) is 0 Å². The molecular formula is C17H23NO5S. The van der Waals surface area contributed by atoms with Gasteiger partial charge in [0.15, 0.2) is 9.84 Å². The van der Waals surface area contributed by atoms with Gasteiger partial charge >= 0.3 is 5.97 Å². The van der Waals surface area contributed by atoms with Crippen molar-refractivity contribution in [3.63, 3.8) is 0 Å². The van der Waals surface area contributed by atoms with E-state index in [2.05, 4.69) is 0 Å². The molecule has 0 spiro atoms. The Morgan fingerprint density at radius 3 is 2.42 bits per heavy atom. The molecule has 1 amide bonds. The zero-order chi connectivity index (χ0) is 18.1. The summed E-state index contributed by atoms with van der Waals surface area (Å²) in [6.07, 6.45) is 3.38. The van der Waals surface area contributed by atoms with Crippen molar-refractivity contribution in [3.05, 3.63) is 29.3 Å². The lowest BCUT2D eigenvalue weighted by molar-refractivity contribution is -0.141. The van der Waals surface area contributed by atoms with Crippen LogP contribution in [0.3, 0.4) is 0 Å². The Bertz CT molecular complexity index is 752. The molecule has 1 saturated carbocycles. The number of amides is 1. The molecule has 1 aromatic carbocycles. The maximum atomic E-state index is 12.8. The molecule has 1 unspecified atom stereocenters. The van der Waals surface area contributed by atoms with Crippen LogP contribution in [-0.2, 0) is 21.1 Å². The van der Waals surface area contributed by atoms with Gasteiger partial charge in [-0.2, -0.15) is 0 Å². The second kappa shape index (κ2) is 6.93. The summed E-state index contributed by atoms with van der Waals surface area (Å²) in [4.78, 5) is 25.6. The monoisotopic (exact) mass is 353 g/mol. The van der Waals surface area contributed by atoms with Crippen molar-refractivity contribution < 1.29 is 23.1 Å². The quantitative estimate of drug-likeness (QED) is 0.809. The number of carbonyl (C=O) groups excluding carboxylic acids is 1. The molecule has 7 heteroatoms. The van der Waals surface area contributed by atoms with E-state index in [1.807, 2.05) is 6.92 Å². The minimum atomic E-state index is -3.43. The van der Waals surface area contributed by atoms with Gasteiger partial charge in [0.05, 0.1) is 10.8 Å². The molecule has 1 aliphatic rings. The smallest absolute Gasteiger partial charge is 0.308 e. The summed E-state index contributed by atoms with van der Waals surface area (Å²) in [5.41, 5.74) is 0.961. The summed E-state index contributed by atoms with van der Waals surface area (Å²) in [6, 6.07) is 4.75. The third kappa shape index (κ3) is 4.14. The Hall–Kier alpha value is -1.89. The standard InChI is InChI=1S/C17H23NO5S/c1-4-12-5-6-13(9-15(12)24(3,22)23)16(19)18(14-7-8-14)10-11(2)17(20)21/h5-6,9,11,14H,4,7-8,10H2,1-3H3,(H,20,21). The average Bonchev–Trinajstić information content (AvgIpc) is 3.34. The lowest BCUT2D eigenvalue weighted by Crippen LogP contribution is -2.38. The Balaban J connectivity index is 2.35. The van der Waals surface area contributed by atoms with E-state index >= 15 is 0 Å². The van der Waals surface area contributed by atoms with Gasteiger partial charge < -0.3 is 10.0 Å². The van der Waals surface area contributed by atoms with Crippen LogP contribution in [0.5, 0.6) is 0 Å². The van der Waals surface area contributed by atoms with E-state index in [-0.39, 0.29) is 29.0 Å². The van der Waals surface area contributed by atoms with Gasteiger partial charge in [0.2, 0.25) is 0 Å². The van der Waals surface area contributed by atoms with Crippen molar-refractivity contribution in [1.29, 1.82) is 0 Å². The highest BCUT2D eigenvalue weighted by Crippen LogP contribution is 2.30. The van der Waals surface area contributed by atoms with Gasteiger partial charge in [0.1, 0.15) is 0 Å². The molecule has 0 aromatic heterocycles. The maximum absolute atomic E-state index is 12.8. The van der Waals surface area contributed by atoms with Gasteiger partial charge in [0, 0.05) is 24.4 Å². The Morgan fingerprint density at radius 1 is 1.33 bits per heavy atom. The van der Waals surface area contributed by atoms with E-state index < -0.39 is 21.7 Å². The molecule has 0 aliphatic heterocycles. The van der Waals surface area contributed by atoms with E-state index in [9.17, 15) is 18.0 Å². The highest BCUT2D eigenvalue weighted by atomic mass is 32.2. The first-order chi connectivity index (χ1) is 11.1. The van der Waals surface area contributed by atoms with Gasteiger partial charge in [-0.25, -0.2) is 8.42 Å². The molecule has 1 atom stereocenters. The largest absolute Gasteiger partial charge is 0.481 e. The van der Waals surface area contributed by atoms with Crippen LogP contribution in [0.2, 0.25) is 0 Å². The topological polar surface area (TPSA) is 91.8 Å². The van der Waals surface area contributed by atoms with Crippen LogP contribution >= 0.6 is 0 Å². The van der Waals surface area contributed by atoms with Crippen molar-refractivity contribution >= 4 is 21.7 Å². The van der Waals surface area contributed by atoms with Gasteiger partial charge in [-0.3, -0.25) is 9.59 Å². The molecule has 24 heavy (non-hydrogen) atoms. The summed E-state index contributed by atoms with van der Waals surface area (Å²) in [5, 5.41) is 9.09. The van der Waals surface area contributed by atoms with Crippen LogP contribution in [0, 0.1) is 5.92 Å². The van der Waals surface area contributed by atoms with Crippen molar-refractivity contribution in [2.45, 2.75) is 44.0 Å². The normalized spacial score (nSPS) is 15.8. The van der Waals surface area contributed by atoms with Gasteiger partial charge in [-0.15, -0.1) is 0 Å².